The van der Waals surface area contributed by atoms with Crippen molar-refractivity contribution in [2.24, 2.45) is 0 Å². The van der Waals surface area contributed by atoms with Crippen LogP contribution in [0.15, 0.2) is 30.3 Å². The number of nitrogens with zero attached hydrogens (tertiary/aromatic N) is 1. The number of piperazine rings is 1. The predicted molar refractivity (Wildman–Crippen MR) is 75.0 cm³/mol. The Morgan fingerprint density at radius 3 is 2.63 bits per heavy atom. The van der Waals surface area contributed by atoms with Gasteiger partial charge in [-0.25, -0.2) is 4.79 Å². The minimum absolute atomic E-state index is 0.183. The van der Waals surface area contributed by atoms with Crippen LogP contribution in [-0.2, 0) is 4.74 Å². The first-order valence-corrected chi connectivity index (χ1v) is 6.72. The second-order valence-electron chi connectivity index (χ2n) is 5.84. The van der Waals surface area contributed by atoms with Gasteiger partial charge in [-0.05, 0) is 26.3 Å². The number of ether oxygens (including phenoxy) is 1. The van der Waals surface area contributed by atoms with Gasteiger partial charge in [0.05, 0.1) is 6.04 Å². The minimum atomic E-state index is -0.440. The average molecular weight is 262 g/mol. The molecule has 2 rings (SSSR count). The molecule has 1 aromatic rings. The van der Waals surface area contributed by atoms with Crippen LogP contribution in [-0.4, -0.2) is 36.2 Å². The van der Waals surface area contributed by atoms with E-state index in [1.807, 2.05) is 39.0 Å². The summed E-state index contributed by atoms with van der Waals surface area (Å²) in [7, 11) is 0. The number of carbonyl (C=O) groups excluding carboxylic acids is 1. The Morgan fingerprint density at radius 1 is 1.32 bits per heavy atom. The predicted octanol–water partition coefficient (Wildman–Crippen LogP) is 2.57. The Labute approximate surface area is 114 Å². The SMILES string of the molecule is CC(C)(C)OC(=O)N1CCN[C@H](c2ccccc2)C1. The summed E-state index contributed by atoms with van der Waals surface area (Å²) in [6.07, 6.45) is -0.227. The Morgan fingerprint density at radius 2 is 2.00 bits per heavy atom. The van der Waals surface area contributed by atoms with Crippen LogP contribution in [0, 0.1) is 0 Å². The van der Waals surface area contributed by atoms with Gasteiger partial charge >= 0.3 is 6.09 Å². The molecule has 19 heavy (non-hydrogen) atoms. The molecular weight excluding hydrogens is 240 g/mol. The molecule has 1 aliphatic rings. The molecule has 1 aromatic carbocycles. The molecule has 0 radical (unpaired) electrons. The van der Waals surface area contributed by atoms with Gasteiger partial charge in [0.2, 0.25) is 0 Å². The highest BCUT2D eigenvalue weighted by Gasteiger charge is 2.27. The van der Waals surface area contributed by atoms with E-state index in [-0.39, 0.29) is 12.1 Å². The lowest BCUT2D eigenvalue weighted by atomic mass is 10.1. The molecule has 0 aromatic heterocycles. The fourth-order valence-corrected chi connectivity index (χ4v) is 2.15. The van der Waals surface area contributed by atoms with E-state index >= 15 is 0 Å². The fourth-order valence-electron chi connectivity index (χ4n) is 2.15. The van der Waals surface area contributed by atoms with E-state index in [0.29, 0.717) is 13.1 Å². The number of rotatable bonds is 1. The number of amides is 1. The zero-order valence-electron chi connectivity index (χ0n) is 11.8. The number of hydrogen-bond acceptors (Lipinski definition) is 3. The molecule has 0 saturated carbocycles. The molecule has 1 heterocycles. The van der Waals surface area contributed by atoms with Crippen molar-refractivity contribution in [2.45, 2.75) is 32.4 Å². The Hall–Kier alpha value is -1.55. The standard InChI is InChI=1S/C15H22N2O2/c1-15(2,3)19-14(18)17-10-9-16-13(11-17)12-7-5-4-6-8-12/h4-8,13,16H,9-11H2,1-3H3/t13-/m0/s1. The van der Waals surface area contributed by atoms with Crippen LogP contribution in [0.2, 0.25) is 0 Å². The van der Waals surface area contributed by atoms with Crippen LogP contribution in [0.3, 0.4) is 0 Å². The summed E-state index contributed by atoms with van der Waals surface area (Å²) >= 11 is 0. The van der Waals surface area contributed by atoms with Gasteiger partial charge < -0.3 is 15.0 Å². The van der Waals surface area contributed by atoms with Gasteiger partial charge in [0, 0.05) is 19.6 Å². The Balaban J connectivity index is 2.00. The summed E-state index contributed by atoms with van der Waals surface area (Å²) in [5.41, 5.74) is 0.764. The molecule has 4 heteroatoms. The highest BCUT2D eigenvalue weighted by atomic mass is 16.6. The number of nitrogens with one attached hydrogen (secondary N) is 1. The van der Waals surface area contributed by atoms with Crippen molar-refractivity contribution >= 4 is 6.09 Å². The molecule has 0 spiro atoms. The molecule has 0 aliphatic carbocycles. The van der Waals surface area contributed by atoms with Gasteiger partial charge in [0.1, 0.15) is 5.60 Å². The van der Waals surface area contributed by atoms with Crippen LogP contribution in [0.5, 0.6) is 0 Å². The largest absolute Gasteiger partial charge is 0.444 e. The van der Waals surface area contributed by atoms with Gasteiger partial charge in [0.15, 0.2) is 0 Å². The van der Waals surface area contributed by atoms with Crippen LogP contribution in [0.4, 0.5) is 4.79 Å². The molecule has 1 saturated heterocycles. The van der Waals surface area contributed by atoms with Crippen molar-refractivity contribution in [3.8, 4) is 0 Å². The van der Waals surface area contributed by atoms with Crippen LogP contribution in [0.1, 0.15) is 32.4 Å². The van der Waals surface area contributed by atoms with E-state index in [0.717, 1.165) is 6.54 Å². The summed E-state index contributed by atoms with van der Waals surface area (Å²) in [5, 5.41) is 3.43. The second kappa shape index (κ2) is 5.61. The third-order valence-electron chi connectivity index (χ3n) is 3.03. The molecule has 4 nitrogen and oxygen atoms in total. The lowest BCUT2D eigenvalue weighted by Gasteiger charge is -2.35. The van der Waals surface area contributed by atoms with E-state index in [9.17, 15) is 4.79 Å². The summed E-state index contributed by atoms with van der Waals surface area (Å²) in [4.78, 5) is 13.8. The molecule has 1 fully saturated rings. The second-order valence-corrected chi connectivity index (χ2v) is 5.84. The number of benzene rings is 1. The highest BCUT2D eigenvalue weighted by Crippen LogP contribution is 2.18. The van der Waals surface area contributed by atoms with E-state index < -0.39 is 5.60 Å². The molecule has 1 aliphatic heterocycles. The zero-order chi connectivity index (χ0) is 13.9. The lowest BCUT2D eigenvalue weighted by Crippen LogP contribution is -2.49. The van der Waals surface area contributed by atoms with E-state index in [1.54, 1.807) is 4.90 Å². The van der Waals surface area contributed by atoms with Crippen LogP contribution in [0.25, 0.3) is 0 Å². The monoisotopic (exact) mass is 262 g/mol. The van der Waals surface area contributed by atoms with E-state index in [2.05, 4.69) is 17.4 Å². The smallest absolute Gasteiger partial charge is 0.410 e. The molecular formula is C15H22N2O2. The van der Waals surface area contributed by atoms with Gasteiger partial charge in [-0.2, -0.15) is 0 Å². The quantitative estimate of drug-likeness (QED) is 0.845. The molecule has 0 bridgehead atoms. The normalized spacial score (nSPS) is 20.2. The van der Waals surface area contributed by atoms with Crippen molar-refractivity contribution in [1.29, 1.82) is 0 Å². The molecule has 104 valence electrons. The van der Waals surface area contributed by atoms with Crippen molar-refractivity contribution < 1.29 is 9.53 Å². The summed E-state index contributed by atoms with van der Waals surface area (Å²) < 4.78 is 5.42. The third-order valence-corrected chi connectivity index (χ3v) is 3.03. The van der Waals surface area contributed by atoms with E-state index in [4.69, 9.17) is 4.74 Å². The molecule has 0 unspecified atom stereocenters. The van der Waals surface area contributed by atoms with Gasteiger partial charge in [-0.1, -0.05) is 30.3 Å². The number of carbonyl (C=O) groups is 1. The summed E-state index contributed by atoms with van der Waals surface area (Å²) in [5.74, 6) is 0. The summed E-state index contributed by atoms with van der Waals surface area (Å²) in [6.45, 7) is 7.81. The Bertz CT molecular complexity index is 426. The van der Waals surface area contributed by atoms with Crippen LogP contribution < -0.4 is 5.32 Å². The topological polar surface area (TPSA) is 41.6 Å². The van der Waals surface area contributed by atoms with Gasteiger partial charge in [-0.15, -0.1) is 0 Å². The lowest BCUT2D eigenvalue weighted by molar-refractivity contribution is 0.0195. The summed E-state index contributed by atoms with van der Waals surface area (Å²) in [6, 6.07) is 10.4. The van der Waals surface area contributed by atoms with Gasteiger partial charge in [-0.3, -0.25) is 0 Å². The van der Waals surface area contributed by atoms with Crippen molar-refractivity contribution in [3.05, 3.63) is 35.9 Å². The molecule has 1 atom stereocenters. The zero-order valence-corrected chi connectivity index (χ0v) is 11.8. The van der Waals surface area contributed by atoms with Gasteiger partial charge in [0.25, 0.3) is 0 Å². The van der Waals surface area contributed by atoms with Crippen LogP contribution >= 0.6 is 0 Å². The maximum absolute atomic E-state index is 12.1. The first-order valence-electron chi connectivity index (χ1n) is 6.72. The first-order chi connectivity index (χ1) is 8.96. The van der Waals surface area contributed by atoms with E-state index in [1.165, 1.54) is 5.56 Å². The fraction of sp³-hybridized carbons (Fsp3) is 0.533. The first kappa shape index (κ1) is 13.9. The maximum atomic E-state index is 12.1. The molecule has 1 N–H and O–H groups in total. The maximum Gasteiger partial charge on any atom is 0.410 e. The minimum Gasteiger partial charge on any atom is -0.444 e. The molecule has 1 amide bonds. The van der Waals surface area contributed by atoms with Crippen molar-refractivity contribution in [2.75, 3.05) is 19.6 Å². The number of hydrogen-bond donors (Lipinski definition) is 1. The third kappa shape index (κ3) is 3.96. The van der Waals surface area contributed by atoms with Crippen molar-refractivity contribution in [1.82, 2.24) is 10.2 Å². The average Bonchev–Trinajstić information content (AvgIpc) is 2.38. The highest BCUT2D eigenvalue weighted by molar-refractivity contribution is 5.68. The van der Waals surface area contributed by atoms with Crippen molar-refractivity contribution in [3.63, 3.8) is 0 Å². The Kier molecular flexibility index (Phi) is 4.10.